The first-order valence-corrected chi connectivity index (χ1v) is 9.53. The van der Waals surface area contributed by atoms with Crippen LogP contribution in [0.15, 0.2) is 18.2 Å². The third-order valence-corrected chi connectivity index (χ3v) is 5.12. The Kier molecular flexibility index (Phi) is 6.06. The highest BCUT2D eigenvalue weighted by Crippen LogP contribution is 2.28. The van der Waals surface area contributed by atoms with Crippen molar-refractivity contribution in [2.45, 2.75) is 19.3 Å². The number of hydrogen-bond donors (Lipinski definition) is 1. The summed E-state index contributed by atoms with van der Waals surface area (Å²) in [5.74, 6) is 1.19. The van der Waals surface area contributed by atoms with Gasteiger partial charge in [0.05, 0.1) is 20.0 Å². The van der Waals surface area contributed by atoms with E-state index in [-0.39, 0.29) is 17.6 Å². The molecule has 8 heteroatoms. The van der Waals surface area contributed by atoms with Crippen molar-refractivity contribution in [3.63, 3.8) is 0 Å². The van der Waals surface area contributed by atoms with E-state index in [1.54, 1.807) is 19.1 Å². The number of hydrogen-bond acceptors (Lipinski definition) is 5. The Morgan fingerprint density at radius 2 is 2.00 bits per heavy atom. The van der Waals surface area contributed by atoms with Crippen LogP contribution in [0.4, 0.5) is 0 Å². The molecule has 1 atom stereocenters. The number of ether oxygens (including phenoxy) is 2. The number of primary sulfonamides is 1. The lowest BCUT2D eigenvalue weighted by Crippen LogP contribution is -2.30. The van der Waals surface area contributed by atoms with Gasteiger partial charge in [-0.15, -0.1) is 0 Å². The number of nitrogens with two attached hydrogens (primary N) is 1. The minimum absolute atomic E-state index is 0.0294. The molecule has 1 amide bonds. The molecule has 1 aromatic rings. The predicted molar refractivity (Wildman–Crippen MR) is 90.5 cm³/mol. The molecular weight excluding hydrogens is 332 g/mol. The molecule has 134 valence electrons. The first-order chi connectivity index (χ1) is 11.3. The van der Waals surface area contributed by atoms with E-state index in [1.165, 1.54) is 0 Å². The summed E-state index contributed by atoms with van der Waals surface area (Å²) >= 11 is 0. The normalized spacial score (nSPS) is 17.8. The molecule has 1 aromatic carbocycles. The van der Waals surface area contributed by atoms with E-state index in [0.717, 1.165) is 5.56 Å². The summed E-state index contributed by atoms with van der Waals surface area (Å²) in [6.45, 7) is 1.05. The number of nitrogens with zero attached hydrogens (tertiary/aromatic N) is 1. The SMILES string of the molecule is COc1ccc(CCC(=O)N2CC[C@@H](CS(N)(=O)=O)C2)cc1OC. The smallest absolute Gasteiger partial charge is 0.222 e. The molecule has 2 rings (SSSR count). The zero-order chi connectivity index (χ0) is 17.7. The zero-order valence-electron chi connectivity index (χ0n) is 14.0. The molecule has 7 nitrogen and oxygen atoms in total. The standard InChI is InChI=1S/C16H24N2O5S/c1-22-14-5-3-12(9-15(14)23-2)4-6-16(19)18-8-7-13(10-18)11-24(17,20)21/h3,5,9,13H,4,6-8,10-11H2,1-2H3,(H2,17,20,21)/t13-/m1/s1. The summed E-state index contributed by atoms with van der Waals surface area (Å²) in [6.07, 6.45) is 1.64. The number of aryl methyl sites for hydroxylation is 1. The average Bonchev–Trinajstić information content (AvgIpc) is 2.98. The van der Waals surface area contributed by atoms with Crippen LogP contribution < -0.4 is 14.6 Å². The lowest BCUT2D eigenvalue weighted by atomic mass is 10.1. The quantitative estimate of drug-likeness (QED) is 0.778. The Bertz CT molecular complexity index is 690. The highest BCUT2D eigenvalue weighted by atomic mass is 32.2. The van der Waals surface area contributed by atoms with Gasteiger partial charge in [-0.05, 0) is 36.5 Å². The summed E-state index contributed by atoms with van der Waals surface area (Å²) in [7, 11) is -0.342. The highest BCUT2D eigenvalue weighted by Gasteiger charge is 2.28. The van der Waals surface area contributed by atoms with E-state index in [4.69, 9.17) is 14.6 Å². The Morgan fingerprint density at radius 1 is 1.29 bits per heavy atom. The number of amides is 1. The summed E-state index contributed by atoms with van der Waals surface area (Å²) in [6, 6.07) is 5.58. The van der Waals surface area contributed by atoms with Crippen molar-refractivity contribution in [2.75, 3.05) is 33.1 Å². The van der Waals surface area contributed by atoms with Crippen molar-refractivity contribution < 1.29 is 22.7 Å². The van der Waals surface area contributed by atoms with Crippen molar-refractivity contribution >= 4 is 15.9 Å². The molecule has 0 spiro atoms. The molecule has 1 aliphatic heterocycles. The van der Waals surface area contributed by atoms with Crippen LogP contribution in [0.5, 0.6) is 11.5 Å². The second kappa shape index (κ2) is 7.85. The van der Waals surface area contributed by atoms with Gasteiger partial charge in [-0.1, -0.05) is 6.07 Å². The van der Waals surface area contributed by atoms with Gasteiger partial charge in [0.25, 0.3) is 0 Å². The molecule has 1 fully saturated rings. The molecule has 0 aromatic heterocycles. The maximum Gasteiger partial charge on any atom is 0.222 e. The fourth-order valence-corrected chi connectivity index (χ4v) is 3.90. The molecule has 1 heterocycles. The van der Waals surface area contributed by atoms with Gasteiger partial charge < -0.3 is 14.4 Å². The maximum absolute atomic E-state index is 12.3. The van der Waals surface area contributed by atoms with E-state index >= 15 is 0 Å². The first-order valence-electron chi connectivity index (χ1n) is 7.81. The number of benzene rings is 1. The van der Waals surface area contributed by atoms with E-state index in [9.17, 15) is 13.2 Å². The van der Waals surface area contributed by atoms with Gasteiger partial charge in [-0.3, -0.25) is 4.79 Å². The van der Waals surface area contributed by atoms with E-state index < -0.39 is 10.0 Å². The summed E-state index contributed by atoms with van der Waals surface area (Å²) < 4.78 is 32.7. The van der Waals surface area contributed by atoms with Crippen molar-refractivity contribution in [3.8, 4) is 11.5 Å². The summed E-state index contributed by atoms with van der Waals surface area (Å²) in [5, 5.41) is 5.07. The third kappa shape index (κ3) is 5.10. The van der Waals surface area contributed by atoms with Gasteiger partial charge in [0.15, 0.2) is 11.5 Å². The van der Waals surface area contributed by atoms with Crippen LogP contribution in [0.2, 0.25) is 0 Å². The second-order valence-corrected chi connectivity index (χ2v) is 7.67. The molecule has 24 heavy (non-hydrogen) atoms. The molecule has 0 aliphatic carbocycles. The summed E-state index contributed by atoms with van der Waals surface area (Å²) in [4.78, 5) is 14.0. The maximum atomic E-state index is 12.3. The van der Waals surface area contributed by atoms with Gasteiger partial charge in [0, 0.05) is 19.5 Å². The minimum atomic E-state index is -3.49. The van der Waals surface area contributed by atoms with Crippen LogP contribution in [0.1, 0.15) is 18.4 Å². The highest BCUT2D eigenvalue weighted by molar-refractivity contribution is 7.89. The molecule has 0 unspecified atom stereocenters. The molecule has 1 aliphatic rings. The first kappa shape index (κ1) is 18.5. The number of likely N-dealkylation sites (tertiary alicyclic amines) is 1. The van der Waals surface area contributed by atoms with Crippen LogP contribution in [-0.4, -0.2) is 52.3 Å². The number of methoxy groups -OCH3 is 2. The third-order valence-electron chi connectivity index (χ3n) is 4.18. The Morgan fingerprint density at radius 3 is 2.62 bits per heavy atom. The van der Waals surface area contributed by atoms with Crippen LogP contribution in [-0.2, 0) is 21.2 Å². The topological polar surface area (TPSA) is 98.9 Å². The molecular formula is C16H24N2O5S. The number of carbonyl (C=O) groups is 1. The molecule has 1 saturated heterocycles. The Balaban J connectivity index is 1.88. The zero-order valence-corrected chi connectivity index (χ0v) is 14.8. The molecule has 0 bridgehead atoms. The van der Waals surface area contributed by atoms with Crippen LogP contribution in [0, 0.1) is 5.92 Å². The van der Waals surface area contributed by atoms with Gasteiger partial charge >= 0.3 is 0 Å². The lowest BCUT2D eigenvalue weighted by molar-refractivity contribution is -0.130. The monoisotopic (exact) mass is 356 g/mol. The van der Waals surface area contributed by atoms with Gasteiger partial charge in [-0.2, -0.15) is 0 Å². The second-order valence-electron chi connectivity index (χ2n) is 6.01. The van der Waals surface area contributed by atoms with Crippen LogP contribution in [0.25, 0.3) is 0 Å². The Hall–Kier alpha value is -1.80. The minimum Gasteiger partial charge on any atom is -0.493 e. The van der Waals surface area contributed by atoms with Crippen LogP contribution >= 0.6 is 0 Å². The number of rotatable bonds is 7. The van der Waals surface area contributed by atoms with E-state index in [2.05, 4.69) is 0 Å². The largest absolute Gasteiger partial charge is 0.493 e. The lowest BCUT2D eigenvalue weighted by Gasteiger charge is -2.16. The Labute approximate surface area is 142 Å². The molecule has 2 N–H and O–H groups in total. The molecule has 0 saturated carbocycles. The van der Waals surface area contributed by atoms with Crippen molar-refractivity contribution in [3.05, 3.63) is 23.8 Å². The summed E-state index contributed by atoms with van der Waals surface area (Å²) in [5.41, 5.74) is 0.987. The van der Waals surface area contributed by atoms with Gasteiger partial charge in [-0.25, -0.2) is 13.6 Å². The predicted octanol–water partition coefficient (Wildman–Crippen LogP) is 0.773. The fourth-order valence-electron chi connectivity index (χ4n) is 2.97. The van der Waals surface area contributed by atoms with Crippen molar-refractivity contribution in [2.24, 2.45) is 11.1 Å². The molecule has 0 radical (unpaired) electrons. The van der Waals surface area contributed by atoms with Gasteiger partial charge in [0.2, 0.25) is 15.9 Å². The van der Waals surface area contributed by atoms with E-state index in [0.29, 0.717) is 43.9 Å². The van der Waals surface area contributed by atoms with Crippen molar-refractivity contribution in [1.82, 2.24) is 4.90 Å². The van der Waals surface area contributed by atoms with Crippen LogP contribution in [0.3, 0.4) is 0 Å². The van der Waals surface area contributed by atoms with Gasteiger partial charge in [0.1, 0.15) is 0 Å². The van der Waals surface area contributed by atoms with Crippen molar-refractivity contribution in [1.29, 1.82) is 0 Å². The number of carbonyl (C=O) groups excluding carboxylic acids is 1. The average molecular weight is 356 g/mol. The van der Waals surface area contributed by atoms with E-state index in [1.807, 2.05) is 18.2 Å². The number of sulfonamides is 1. The fraction of sp³-hybridized carbons (Fsp3) is 0.562.